The van der Waals surface area contributed by atoms with E-state index in [9.17, 15) is 14.7 Å². The van der Waals surface area contributed by atoms with Gasteiger partial charge in [-0.25, -0.2) is 4.79 Å². The maximum absolute atomic E-state index is 12.1. The number of hydrogen-bond donors (Lipinski definition) is 4. The first-order valence-corrected chi connectivity index (χ1v) is 6.06. The van der Waals surface area contributed by atoms with Crippen LogP contribution < -0.4 is 11.1 Å². The van der Waals surface area contributed by atoms with Gasteiger partial charge in [0.1, 0.15) is 11.3 Å². The van der Waals surface area contributed by atoms with Gasteiger partial charge in [0, 0.05) is 12.2 Å². The molecule has 0 atom stereocenters. The Balaban J connectivity index is 2.17. The van der Waals surface area contributed by atoms with Gasteiger partial charge in [-0.05, 0) is 31.0 Å². The highest BCUT2D eigenvalue weighted by molar-refractivity contribution is 5.98. The van der Waals surface area contributed by atoms with Crippen molar-refractivity contribution in [1.82, 2.24) is 0 Å². The number of nitrogens with two attached hydrogens (primary N) is 1. The summed E-state index contributed by atoms with van der Waals surface area (Å²) < 4.78 is 0. The van der Waals surface area contributed by atoms with Crippen LogP contribution in [0.3, 0.4) is 0 Å². The quantitative estimate of drug-likeness (QED) is 0.609. The minimum Gasteiger partial charge on any atom is -0.507 e. The highest BCUT2D eigenvalue weighted by atomic mass is 16.4. The number of anilines is 1. The largest absolute Gasteiger partial charge is 0.507 e. The Kier molecular flexibility index (Phi) is 3.44. The summed E-state index contributed by atoms with van der Waals surface area (Å²) in [7, 11) is 0. The Morgan fingerprint density at radius 2 is 2.05 bits per heavy atom. The second-order valence-corrected chi connectivity index (χ2v) is 4.83. The number of carbonyl (C=O) groups is 2. The molecule has 1 aliphatic rings. The predicted molar refractivity (Wildman–Crippen MR) is 69.0 cm³/mol. The fourth-order valence-electron chi connectivity index (χ4n) is 2.18. The van der Waals surface area contributed by atoms with E-state index < -0.39 is 11.4 Å². The van der Waals surface area contributed by atoms with E-state index in [2.05, 4.69) is 5.32 Å². The minimum absolute atomic E-state index is 0.191. The number of aromatic carboxylic acids is 1. The van der Waals surface area contributed by atoms with Crippen molar-refractivity contribution in [2.24, 2.45) is 11.1 Å². The first kappa shape index (κ1) is 13.4. The van der Waals surface area contributed by atoms with E-state index in [1.807, 2.05) is 0 Å². The van der Waals surface area contributed by atoms with E-state index in [-0.39, 0.29) is 23.8 Å². The van der Waals surface area contributed by atoms with E-state index in [1.165, 1.54) is 18.2 Å². The lowest BCUT2D eigenvalue weighted by atomic mass is 9.68. The summed E-state index contributed by atoms with van der Waals surface area (Å²) in [6.07, 6.45) is 2.47. The molecule has 0 unspecified atom stereocenters. The molecule has 0 aromatic heterocycles. The maximum Gasteiger partial charge on any atom is 0.339 e. The lowest BCUT2D eigenvalue weighted by Gasteiger charge is -2.39. The summed E-state index contributed by atoms with van der Waals surface area (Å²) in [5, 5.41) is 20.9. The molecule has 6 heteroatoms. The molecule has 102 valence electrons. The molecule has 1 aromatic rings. The van der Waals surface area contributed by atoms with Crippen LogP contribution >= 0.6 is 0 Å². The summed E-state index contributed by atoms with van der Waals surface area (Å²) in [4.78, 5) is 23.0. The summed E-state index contributed by atoms with van der Waals surface area (Å²) in [6, 6.07) is 3.94. The summed E-state index contributed by atoms with van der Waals surface area (Å²) in [5.74, 6) is -1.77. The normalized spacial score (nSPS) is 16.5. The highest BCUT2D eigenvalue weighted by Gasteiger charge is 2.42. The van der Waals surface area contributed by atoms with Gasteiger partial charge in [-0.15, -0.1) is 0 Å². The van der Waals surface area contributed by atoms with Crippen LogP contribution in [0.5, 0.6) is 5.75 Å². The van der Waals surface area contributed by atoms with Gasteiger partial charge in [-0.2, -0.15) is 0 Å². The Bertz CT molecular complexity index is 518. The lowest BCUT2D eigenvalue weighted by molar-refractivity contribution is -0.129. The van der Waals surface area contributed by atoms with Crippen molar-refractivity contribution >= 4 is 17.6 Å². The smallest absolute Gasteiger partial charge is 0.339 e. The lowest BCUT2D eigenvalue weighted by Crippen LogP contribution is -2.47. The van der Waals surface area contributed by atoms with Gasteiger partial charge in [0.25, 0.3) is 0 Å². The SMILES string of the molecule is NCC1(C(=O)Nc2ccc(O)c(C(=O)O)c2)CCC1. The Morgan fingerprint density at radius 3 is 2.53 bits per heavy atom. The van der Waals surface area contributed by atoms with Crippen LogP contribution in [0.2, 0.25) is 0 Å². The van der Waals surface area contributed by atoms with Gasteiger partial charge in [0.05, 0.1) is 5.41 Å². The molecule has 6 nitrogen and oxygen atoms in total. The van der Waals surface area contributed by atoms with Crippen molar-refractivity contribution in [3.63, 3.8) is 0 Å². The van der Waals surface area contributed by atoms with Crippen LogP contribution in [0.4, 0.5) is 5.69 Å². The molecule has 0 heterocycles. The van der Waals surface area contributed by atoms with E-state index in [0.717, 1.165) is 19.3 Å². The third-order valence-electron chi connectivity index (χ3n) is 3.67. The molecule has 0 saturated heterocycles. The van der Waals surface area contributed by atoms with E-state index in [4.69, 9.17) is 10.8 Å². The topological polar surface area (TPSA) is 113 Å². The van der Waals surface area contributed by atoms with Crippen molar-refractivity contribution in [2.45, 2.75) is 19.3 Å². The second-order valence-electron chi connectivity index (χ2n) is 4.83. The van der Waals surface area contributed by atoms with Crippen molar-refractivity contribution < 1.29 is 19.8 Å². The standard InChI is InChI=1S/C13H16N2O4/c14-7-13(4-1-5-13)12(19)15-8-2-3-10(16)9(6-8)11(17)18/h2-3,6,16H,1,4-5,7,14H2,(H,15,19)(H,17,18). The Morgan fingerprint density at radius 1 is 1.37 bits per heavy atom. The molecule has 0 bridgehead atoms. The number of amides is 1. The van der Waals surface area contributed by atoms with Crippen LogP contribution in [-0.4, -0.2) is 28.6 Å². The van der Waals surface area contributed by atoms with Gasteiger partial charge in [-0.1, -0.05) is 6.42 Å². The molecule has 0 aliphatic heterocycles. The maximum atomic E-state index is 12.1. The number of carboxylic acid groups (broad SMARTS) is 1. The fourth-order valence-corrected chi connectivity index (χ4v) is 2.18. The number of benzene rings is 1. The minimum atomic E-state index is -1.24. The molecule has 0 spiro atoms. The molecule has 19 heavy (non-hydrogen) atoms. The molecule has 2 rings (SSSR count). The Hall–Kier alpha value is -2.08. The van der Waals surface area contributed by atoms with Gasteiger partial charge in [0.2, 0.25) is 5.91 Å². The van der Waals surface area contributed by atoms with Crippen molar-refractivity contribution in [1.29, 1.82) is 0 Å². The van der Waals surface area contributed by atoms with E-state index in [1.54, 1.807) is 0 Å². The summed E-state index contributed by atoms with van der Waals surface area (Å²) in [6.45, 7) is 0.280. The molecule has 1 aliphatic carbocycles. The highest BCUT2D eigenvalue weighted by Crippen LogP contribution is 2.40. The van der Waals surface area contributed by atoms with Crippen LogP contribution in [0.25, 0.3) is 0 Å². The van der Waals surface area contributed by atoms with Crippen LogP contribution in [0.1, 0.15) is 29.6 Å². The van der Waals surface area contributed by atoms with Crippen molar-refractivity contribution in [3.8, 4) is 5.75 Å². The third kappa shape index (κ3) is 2.39. The van der Waals surface area contributed by atoms with Crippen molar-refractivity contribution in [3.05, 3.63) is 23.8 Å². The van der Waals surface area contributed by atoms with Gasteiger partial charge >= 0.3 is 5.97 Å². The van der Waals surface area contributed by atoms with Gasteiger partial charge in [0.15, 0.2) is 0 Å². The van der Waals surface area contributed by atoms with Gasteiger partial charge < -0.3 is 21.3 Å². The molecular formula is C13H16N2O4. The predicted octanol–water partition coefficient (Wildman–Crippen LogP) is 1.16. The summed E-state index contributed by atoms with van der Waals surface area (Å²) in [5.41, 5.74) is 5.21. The summed E-state index contributed by atoms with van der Waals surface area (Å²) >= 11 is 0. The average molecular weight is 264 g/mol. The van der Waals surface area contributed by atoms with E-state index >= 15 is 0 Å². The number of carboxylic acids is 1. The molecule has 1 amide bonds. The number of rotatable bonds is 4. The molecule has 1 fully saturated rings. The number of carbonyl (C=O) groups excluding carboxylic acids is 1. The second kappa shape index (κ2) is 4.89. The first-order valence-electron chi connectivity index (χ1n) is 6.06. The zero-order valence-electron chi connectivity index (χ0n) is 10.3. The monoisotopic (exact) mass is 264 g/mol. The van der Waals surface area contributed by atoms with Crippen LogP contribution in [0, 0.1) is 5.41 Å². The van der Waals surface area contributed by atoms with Gasteiger partial charge in [-0.3, -0.25) is 4.79 Å². The molecule has 1 aromatic carbocycles. The zero-order chi connectivity index (χ0) is 14.0. The third-order valence-corrected chi connectivity index (χ3v) is 3.67. The molecular weight excluding hydrogens is 248 g/mol. The van der Waals surface area contributed by atoms with Crippen LogP contribution in [0.15, 0.2) is 18.2 Å². The zero-order valence-corrected chi connectivity index (χ0v) is 10.3. The Labute approximate surface area is 110 Å². The van der Waals surface area contributed by atoms with Crippen LogP contribution in [-0.2, 0) is 4.79 Å². The fraction of sp³-hybridized carbons (Fsp3) is 0.385. The number of aromatic hydroxyl groups is 1. The molecule has 1 saturated carbocycles. The number of nitrogens with one attached hydrogen (secondary N) is 1. The van der Waals surface area contributed by atoms with E-state index in [0.29, 0.717) is 5.69 Å². The average Bonchev–Trinajstić information content (AvgIpc) is 2.30. The van der Waals surface area contributed by atoms with Crippen molar-refractivity contribution in [2.75, 3.05) is 11.9 Å². The molecule has 0 radical (unpaired) electrons. The number of hydrogen-bond acceptors (Lipinski definition) is 4. The molecule has 5 N–H and O–H groups in total. The number of phenols is 1. The first-order chi connectivity index (χ1) is 8.98.